The molecule has 0 unspecified atom stereocenters. The van der Waals surface area contributed by atoms with E-state index in [1.165, 1.54) is 68.8 Å². The monoisotopic (exact) mass is 513 g/mol. The van der Waals surface area contributed by atoms with Crippen molar-refractivity contribution >= 4 is 27.5 Å². The third-order valence-electron chi connectivity index (χ3n) is 5.13. The quantitative estimate of drug-likeness (QED) is 0.409. The van der Waals surface area contributed by atoms with Crippen molar-refractivity contribution in [3.8, 4) is 23.0 Å². The largest absolute Gasteiger partial charge is 0.497 e. The number of amides is 2. The van der Waals surface area contributed by atoms with Gasteiger partial charge in [0.05, 0.1) is 19.1 Å². The Morgan fingerprint density at radius 2 is 1.33 bits per heavy atom. The van der Waals surface area contributed by atoms with Crippen LogP contribution in [0.5, 0.6) is 23.0 Å². The summed E-state index contributed by atoms with van der Waals surface area (Å²) in [5, 5.41) is 0. The molecule has 0 radical (unpaired) electrons. The highest BCUT2D eigenvalue weighted by Crippen LogP contribution is 2.32. The first-order chi connectivity index (χ1) is 17.3. The summed E-state index contributed by atoms with van der Waals surface area (Å²) in [7, 11) is -0.994. The van der Waals surface area contributed by atoms with Crippen molar-refractivity contribution in [1.82, 2.24) is 10.9 Å². The fourth-order valence-corrected chi connectivity index (χ4v) is 4.36. The second-order valence-electron chi connectivity index (χ2n) is 7.50. The lowest BCUT2D eigenvalue weighted by Crippen LogP contribution is -2.41. The smallest absolute Gasteiger partial charge is 0.269 e. The molecule has 4 rings (SSSR count). The number of anilines is 1. The molecule has 3 aromatic carbocycles. The standard InChI is InChI=1S/C24H23N3O8S/c1-32-18-11-16(12-19(13-18)33-2)24(29)26-25-23(28)15-3-5-17(6-4-15)27-36(30,31)20-7-8-21-22(14-20)35-10-9-34-21/h3-8,11-14,27H,9-10H2,1-2H3,(H,25,28)(H,26,29). The van der Waals surface area contributed by atoms with Crippen molar-refractivity contribution < 1.29 is 37.0 Å². The molecule has 1 aliphatic heterocycles. The van der Waals surface area contributed by atoms with Gasteiger partial charge in [0.2, 0.25) is 0 Å². The van der Waals surface area contributed by atoms with Crippen molar-refractivity contribution in [2.24, 2.45) is 0 Å². The zero-order valence-electron chi connectivity index (χ0n) is 19.4. The van der Waals surface area contributed by atoms with Crippen LogP contribution in [0.15, 0.2) is 65.6 Å². The van der Waals surface area contributed by atoms with Crippen LogP contribution >= 0.6 is 0 Å². The molecule has 3 N–H and O–H groups in total. The normalized spacial score (nSPS) is 12.3. The van der Waals surface area contributed by atoms with Crippen LogP contribution in [0.3, 0.4) is 0 Å². The van der Waals surface area contributed by atoms with Crippen molar-refractivity contribution in [1.29, 1.82) is 0 Å². The lowest BCUT2D eigenvalue weighted by molar-refractivity contribution is 0.0846. The number of methoxy groups -OCH3 is 2. The van der Waals surface area contributed by atoms with Gasteiger partial charge < -0.3 is 18.9 Å². The topological polar surface area (TPSA) is 141 Å². The molecule has 3 aromatic rings. The first-order valence-corrected chi connectivity index (χ1v) is 12.1. The Labute approximate surface area is 207 Å². The van der Waals surface area contributed by atoms with Gasteiger partial charge in [0.1, 0.15) is 24.7 Å². The van der Waals surface area contributed by atoms with E-state index in [-0.39, 0.29) is 21.7 Å². The Morgan fingerprint density at radius 1 is 0.750 bits per heavy atom. The summed E-state index contributed by atoms with van der Waals surface area (Å²) in [6.45, 7) is 0.734. The highest BCUT2D eigenvalue weighted by molar-refractivity contribution is 7.92. The molecule has 0 saturated heterocycles. The van der Waals surface area contributed by atoms with Gasteiger partial charge in [-0.05, 0) is 48.5 Å². The average Bonchev–Trinajstić information content (AvgIpc) is 2.91. The van der Waals surface area contributed by atoms with E-state index in [4.69, 9.17) is 18.9 Å². The van der Waals surface area contributed by atoms with Crippen LogP contribution in [0, 0.1) is 0 Å². The van der Waals surface area contributed by atoms with Crippen molar-refractivity contribution in [2.75, 3.05) is 32.2 Å². The van der Waals surface area contributed by atoms with E-state index in [9.17, 15) is 18.0 Å². The first-order valence-electron chi connectivity index (χ1n) is 10.7. The summed E-state index contributed by atoms with van der Waals surface area (Å²) in [6, 6.07) is 14.6. The highest BCUT2D eigenvalue weighted by Gasteiger charge is 2.20. The number of hydrogen-bond donors (Lipinski definition) is 3. The molecule has 188 valence electrons. The van der Waals surface area contributed by atoms with Gasteiger partial charge in [-0.25, -0.2) is 8.42 Å². The second-order valence-corrected chi connectivity index (χ2v) is 9.18. The molecule has 0 aromatic heterocycles. The number of fused-ring (bicyclic) bond motifs is 1. The summed E-state index contributed by atoms with van der Waals surface area (Å²) in [4.78, 5) is 24.9. The molecule has 0 fully saturated rings. The maximum Gasteiger partial charge on any atom is 0.269 e. The number of benzene rings is 3. The summed E-state index contributed by atoms with van der Waals surface area (Å²) >= 11 is 0. The molecular formula is C24H23N3O8S. The Kier molecular flexibility index (Phi) is 7.15. The van der Waals surface area contributed by atoms with Crippen molar-refractivity contribution in [3.05, 3.63) is 71.8 Å². The van der Waals surface area contributed by atoms with Crippen LogP contribution < -0.4 is 34.5 Å². The lowest BCUT2D eigenvalue weighted by atomic mass is 10.2. The van der Waals surface area contributed by atoms with Crippen LogP contribution in [0.1, 0.15) is 20.7 Å². The van der Waals surface area contributed by atoms with E-state index in [0.717, 1.165) is 0 Å². The summed E-state index contributed by atoms with van der Waals surface area (Å²) in [6.07, 6.45) is 0. The Hall–Kier alpha value is -4.45. The minimum Gasteiger partial charge on any atom is -0.497 e. The number of hydrazine groups is 1. The molecule has 11 nitrogen and oxygen atoms in total. The Balaban J connectivity index is 1.38. The zero-order valence-corrected chi connectivity index (χ0v) is 20.2. The van der Waals surface area contributed by atoms with Crippen molar-refractivity contribution in [3.63, 3.8) is 0 Å². The van der Waals surface area contributed by atoms with Gasteiger partial charge in [0, 0.05) is 28.9 Å². The molecule has 0 bridgehead atoms. The number of ether oxygens (including phenoxy) is 4. The van der Waals surface area contributed by atoms with Gasteiger partial charge in [-0.3, -0.25) is 25.2 Å². The van der Waals surface area contributed by atoms with Crippen LogP contribution in [-0.4, -0.2) is 47.7 Å². The predicted octanol–water partition coefficient (Wildman–Crippen LogP) is 2.35. The predicted molar refractivity (Wildman–Crippen MR) is 129 cm³/mol. The molecule has 1 aliphatic rings. The molecule has 1 heterocycles. The van der Waals surface area contributed by atoms with E-state index < -0.39 is 21.8 Å². The van der Waals surface area contributed by atoms with Crippen molar-refractivity contribution in [2.45, 2.75) is 4.90 Å². The molecule has 0 atom stereocenters. The second kappa shape index (κ2) is 10.4. The van der Waals surface area contributed by atoms with Gasteiger partial charge in [-0.2, -0.15) is 0 Å². The number of carbonyl (C=O) groups excluding carboxylic acids is 2. The molecule has 36 heavy (non-hydrogen) atoms. The number of rotatable bonds is 7. The number of nitrogens with one attached hydrogen (secondary N) is 3. The van der Waals surface area contributed by atoms with Gasteiger partial charge >= 0.3 is 0 Å². The van der Waals surface area contributed by atoms with E-state index in [0.29, 0.717) is 36.2 Å². The molecule has 12 heteroatoms. The number of sulfonamides is 1. The average molecular weight is 514 g/mol. The van der Waals surface area contributed by atoms with Crippen LogP contribution in [-0.2, 0) is 10.0 Å². The fraction of sp³-hybridized carbons (Fsp3) is 0.167. The molecular weight excluding hydrogens is 490 g/mol. The maximum absolute atomic E-state index is 12.8. The van der Waals surface area contributed by atoms with E-state index in [1.54, 1.807) is 6.07 Å². The fourth-order valence-electron chi connectivity index (χ4n) is 3.29. The number of hydrogen-bond acceptors (Lipinski definition) is 8. The maximum atomic E-state index is 12.8. The Morgan fingerprint density at radius 3 is 1.94 bits per heavy atom. The summed E-state index contributed by atoms with van der Waals surface area (Å²) < 4.78 is 49.1. The Bertz CT molecular complexity index is 1370. The minimum atomic E-state index is -3.91. The van der Waals surface area contributed by atoms with Gasteiger partial charge in [-0.15, -0.1) is 0 Å². The number of carbonyl (C=O) groups is 2. The van der Waals surface area contributed by atoms with E-state index in [2.05, 4.69) is 15.6 Å². The summed E-state index contributed by atoms with van der Waals surface area (Å²) in [5.41, 5.74) is 5.28. The lowest BCUT2D eigenvalue weighted by Gasteiger charge is -2.19. The van der Waals surface area contributed by atoms with Crippen LogP contribution in [0.25, 0.3) is 0 Å². The van der Waals surface area contributed by atoms with Gasteiger partial charge in [-0.1, -0.05) is 0 Å². The summed E-state index contributed by atoms with van der Waals surface area (Å²) in [5.74, 6) is 0.489. The van der Waals surface area contributed by atoms with Gasteiger partial charge in [0.25, 0.3) is 21.8 Å². The van der Waals surface area contributed by atoms with E-state index in [1.807, 2.05) is 0 Å². The highest BCUT2D eigenvalue weighted by atomic mass is 32.2. The molecule has 0 aliphatic carbocycles. The SMILES string of the molecule is COc1cc(OC)cc(C(=O)NNC(=O)c2ccc(NS(=O)(=O)c3ccc4c(c3)OCCO4)cc2)c1. The van der Waals surface area contributed by atoms with Crippen LogP contribution in [0.4, 0.5) is 5.69 Å². The molecule has 0 saturated carbocycles. The molecule has 0 spiro atoms. The zero-order chi connectivity index (χ0) is 25.7. The first kappa shape index (κ1) is 24.7. The third-order valence-corrected chi connectivity index (χ3v) is 6.51. The van der Waals surface area contributed by atoms with Crippen LogP contribution in [0.2, 0.25) is 0 Å². The third kappa shape index (κ3) is 5.61. The van der Waals surface area contributed by atoms with E-state index >= 15 is 0 Å². The van der Waals surface area contributed by atoms with Gasteiger partial charge in [0.15, 0.2) is 11.5 Å². The molecule has 2 amide bonds. The minimum absolute atomic E-state index is 0.00505.